The first-order valence-corrected chi connectivity index (χ1v) is 17.2. The minimum Gasteiger partial charge on any atom is -0.474 e. The Morgan fingerprint density at radius 3 is 2.60 bits per heavy atom. The molecule has 3 aliphatic heterocycles. The van der Waals surface area contributed by atoms with Crippen LogP contribution in [-0.2, 0) is 0 Å². The van der Waals surface area contributed by atoms with Gasteiger partial charge in [0.25, 0.3) is 0 Å². The Bertz CT molecular complexity index is 1970. The predicted molar refractivity (Wildman–Crippen MR) is 180 cm³/mol. The van der Waals surface area contributed by atoms with Crippen LogP contribution in [0.25, 0.3) is 32.9 Å². The van der Waals surface area contributed by atoms with Crippen LogP contribution in [0.5, 0.6) is 11.9 Å². The molecule has 1 saturated carbocycles. The number of piperidine rings is 1. The lowest BCUT2D eigenvalue weighted by Crippen LogP contribution is -2.43. The molecule has 2 unspecified atom stereocenters. The molecule has 3 saturated heterocycles. The van der Waals surface area contributed by atoms with Gasteiger partial charge in [-0.1, -0.05) is 18.1 Å². The highest BCUT2D eigenvalue weighted by atomic mass is 19.1. The minimum absolute atomic E-state index is 0.0115. The van der Waals surface area contributed by atoms with E-state index in [4.69, 9.17) is 30.8 Å². The van der Waals surface area contributed by atoms with Crippen LogP contribution in [0.15, 0.2) is 24.3 Å². The summed E-state index contributed by atoms with van der Waals surface area (Å²) in [5.74, 6) is 2.97. The van der Waals surface area contributed by atoms with Crippen LogP contribution >= 0.6 is 0 Å². The van der Waals surface area contributed by atoms with Gasteiger partial charge >= 0.3 is 6.01 Å². The molecule has 0 N–H and O–H groups in total. The Balaban J connectivity index is 1.35. The molecule has 250 valence electrons. The summed E-state index contributed by atoms with van der Waals surface area (Å²) in [5.41, 5.74) is 0.766. The van der Waals surface area contributed by atoms with Crippen molar-refractivity contribution >= 4 is 27.5 Å². The summed E-state index contributed by atoms with van der Waals surface area (Å²) >= 11 is 0. The number of fused-ring (bicyclic) bond motifs is 5. The van der Waals surface area contributed by atoms with Crippen LogP contribution in [-0.4, -0.2) is 70.5 Å². The Kier molecular flexibility index (Phi) is 7.66. The highest BCUT2D eigenvalue weighted by Gasteiger charge is 2.49. The maximum absolute atomic E-state index is 17.3. The summed E-state index contributed by atoms with van der Waals surface area (Å²) in [6, 6.07) is 6.66. The van der Waals surface area contributed by atoms with Gasteiger partial charge in [0.05, 0.1) is 17.2 Å². The van der Waals surface area contributed by atoms with Gasteiger partial charge in [0.15, 0.2) is 5.82 Å². The molecular formula is C38H40F3N5O2. The summed E-state index contributed by atoms with van der Waals surface area (Å²) in [6.07, 6.45) is 10.3. The van der Waals surface area contributed by atoms with Crippen molar-refractivity contribution in [3.8, 4) is 35.5 Å². The normalized spacial score (nSPS) is 25.3. The lowest BCUT2D eigenvalue weighted by atomic mass is 9.94. The fraction of sp³-hybridized carbons (Fsp3) is 0.500. The number of rotatable bonds is 7. The molecule has 10 heteroatoms. The fourth-order valence-electron chi connectivity index (χ4n) is 8.83. The van der Waals surface area contributed by atoms with E-state index in [-0.39, 0.29) is 41.4 Å². The first kappa shape index (κ1) is 31.2. The van der Waals surface area contributed by atoms with Crippen molar-refractivity contribution in [3.63, 3.8) is 0 Å². The second-order valence-electron chi connectivity index (χ2n) is 14.6. The van der Waals surface area contributed by atoms with Gasteiger partial charge < -0.3 is 14.4 Å². The summed E-state index contributed by atoms with van der Waals surface area (Å²) < 4.78 is 59.6. The van der Waals surface area contributed by atoms with E-state index < -0.39 is 23.3 Å². The van der Waals surface area contributed by atoms with E-state index in [1.807, 2.05) is 26.8 Å². The number of hydrogen-bond donors (Lipinski definition) is 0. The number of aromatic nitrogens is 3. The second kappa shape index (κ2) is 11.8. The van der Waals surface area contributed by atoms with Crippen molar-refractivity contribution in [2.75, 3.05) is 37.7 Å². The number of anilines is 1. The van der Waals surface area contributed by atoms with Gasteiger partial charge in [-0.05, 0) is 94.3 Å². The number of ether oxygens (including phenoxy) is 2. The number of nitrogens with zero attached hydrogens (tertiary/aromatic N) is 5. The first-order valence-electron chi connectivity index (χ1n) is 17.2. The zero-order valence-corrected chi connectivity index (χ0v) is 27.7. The molecule has 2 bridgehead atoms. The van der Waals surface area contributed by atoms with E-state index in [0.29, 0.717) is 52.3 Å². The highest BCUT2D eigenvalue weighted by Crippen LogP contribution is 2.45. The Morgan fingerprint density at radius 1 is 1.06 bits per heavy atom. The van der Waals surface area contributed by atoms with Crippen molar-refractivity contribution in [3.05, 3.63) is 47.0 Å². The molecule has 4 fully saturated rings. The predicted octanol–water partition coefficient (Wildman–Crippen LogP) is 7.39. The molecule has 0 spiro atoms. The van der Waals surface area contributed by atoms with Gasteiger partial charge in [-0.3, -0.25) is 4.90 Å². The molecule has 8 rings (SSSR count). The van der Waals surface area contributed by atoms with Crippen molar-refractivity contribution in [1.82, 2.24) is 19.9 Å². The maximum atomic E-state index is 17.3. The minimum atomic E-state index is -0.908. The largest absolute Gasteiger partial charge is 0.474 e. The molecule has 4 aromatic rings. The molecule has 4 atom stereocenters. The molecule has 5 heterocycles. The topological polar surface area (TPSA) is 63.6 Å². The molecule has 0 amide bonds. The Labute approximate surface area is 278 Å². The van der Waals surface area contributed by atoms with Crippen LogP contribution in [0.2, 0.25) is 0 Å². The average molecular weight is 656 g/mol. The monoisotopic (exact) mass is 655 g/mol. The van der Waals surface area contributed by atoms with E-state index in [9.17, 15) is 4.39 Å². The molecule has 1 aliphatic carbocycles. The molecule has 2 aromatic heterocycles. The van der Waals surface area contributed by atoms with Gasteiger partial charge in [-0.15, -0.1) is 6.42 Å². The van der Waals surface area contributed by atoms with Crippen molar-refractivity contribution in [2.45, 2.75) is 77.1 Å². The third-order valence-electron chi connectivity index (χ3n) is 10.8. The van der Waals surface area contributed by atoms with Crippen LogP contribution in [0.1, 0.15) is 63.5 Å². The molecular weight excluding hydrogens is 615 g/mol. The van der Waals surface area contributed by atoms with Crippen LogP contribution < -0.4 is 14.4 Å². The van der Waals surface area contributed by atoms with Gasteiger partial charge in [0.2, 0.25) is 5.88 Å². The quantitative estimate of drug-likeness (QED) is 0.193. The second-order valence-corrected chi connectivity index (χ2v) is 14.6. The number of pyridine rings is 1. The zero-order chi connectivity index (χ0) is 33.3. The third kappa shape index (κ3) is 5.22. The van der Waals surface area contributed by atoms with Gasteiger partial charge in [0.1, 0.15) is 41.0 Å². The van der Waals surface area contributed by atoms with Crippen LogP contribution in [0.3, 0.4) is 0 Å². The fourth-order valence-corrected chi connectivity index (χ4v) is 8.83. The smallest absolute Gasteiger partial charge is 0.319 e. The van der Waals surface area contributed by atoms with E-state index in [1.54, 1.807) is 12.1 Å². The van der Waals surface area contributed by atoms with Crippen molar-refractivity contribution in [2.24, 2.45) is 11.8 Å². The molecule has 4 aliphatic rings. The number of halogens is 3. The van der Waals surface area contributed by atoms with E-state index in [1.165, 1.54) is 12.5 Å². The van der Waals surface area contributed by atoms with E-state index in [0.717, 1.165) is 50.9 Å². The standard InChI is InChI=1S/C38H40F3N5O2/c1-5-27-29(40)10-9-25-13-22(4)14-28(30(25)27)33-32(41)34-31(36(42-33)48-21(2)3)35(45-17-23-7-8-24(15-23)18-45)44-37(43-34)47-20-38-11-6-12-46(38)19-26(39)16-38/h1,9-10,13-14,21,23-24,26H,6-8,11-12,15-20H2,2-4H3/t23?,24?,26-,38+/m1/s1. The Morgan fingerprint density at radius 2 is 1.85 bits per heavy atom. The van der Waals surface area contributed by atoms with Gasteiger partial charge in [-0.2, -0.15) is 9.97 Å². The zero-order valence-electron chi connectivity index (χ0n) is 27.7. The molecule has 0 radical (unpaired) electrons. The van der Waals surface area contributed by atoms with Gasteiger partial charge in [0, 0.05) is 37.0 Å². The van der Waals surface area contributed by atoms with Crippen molar-refractivity contribution in [1.29, 1.82) is 0 Å². The summed E-state index contributed by atoms with van der Waals surface area (Å²) in [6.45, 7) is 8.66. The molecule has 48 heavy (non-hydrogen) atoms. The third-order valence-corrected chi connectivity index (χ3v) is 10.8. The molecule has 2 aromatic carbocycles. The number of aryl methyl sites for hydroxylation is 1. The summed E-state index contributed by atoms with van der Waals surface area (Å²) in [7, 11) is 0. The summed E-state index contributed by atoms with van der Waals surface area (Å²) in [4.78, 5) is 18.9. The maximum Gasteiger partial charge on any atom is 0.319 e. The molecule has 7 nitrogen and oxygen atoms in total. The SMILES string of the molecule is C#Cc1c(F)ccc2cc(C)cc(-c3nc(OC(C)C)c4c(N5CC6CCC(C6)C5)nc(OC[C@@]56CCCN5C[C@H](F)C6)nc4c3F)c12. The first-order chi connectivity index (χ1) is 23.1. The Hall–Kier alpha value is -4.10. The lowest BCUT2D eigenvalue weighted by molar-refractivity contribution is 0.107. The average Bonchev–Trinajstić information content (AvgIpc) is 3.70. The number of terminal acetylenes is 1. The van der Waals surface area contributed by atoms with Gasteiger partial charge in [-0.25, -0.2) is 18.2 Å². The number of hydrogen-bond acceptors (Lipinski definition) is 7. The van der Waals surface area contributed by atoms with Crippen LogP contribution in [0.4, 0.5) is 19.0 Å². The van der Waals surface area contributed by atoms with E-state index >= 15 is 8.78 Å². The van der Waals surface area contributed by atoms with Crippen LogP contribution in [0, 0.1) is 42.7 Å². The van der Waals surface area contributed by atoms with E-state index in [2.05, 4.69) is 15.7 Å². The number of benzene rings is 2. The van der Waals surface area contributed by atoms with Crippen molar-refractivity contribution < 1.29 is 22.6 Å². The number of alkyl halides is 1. The summed E-state index contributed by atoms with van der Waals surface area (Å²) in [5, 5.41) is 1.45. The lowest BCUT2D eigenvalue weighted by Gasteiger charge is -2.34. The highest BCUT2D eigenvalue weighted by molar-refractivity contribution is 6.03.